The molecule has 0 aliphatic carbocycles. The fraction of sp³-hybridized carbons (Fsp3) is 0.769. The first-order valence-electron chi connectivity index (χ1n) is 6.75. The van der Waals surface area contributed by atoms with E-state index in [-0.39, 0.29) is 10.9 Å². The van der Waals surface area contributed by atoms with Crippen molar-refractivity contribution in [3.63, 3.8) is 0 Å². The smallest absolute Gasteiger partial charge is 0.244 e. The molecule has 0 bridgehead atoms. The maximum atomic E-state index is 12.2. The topological polar surface area (TPSA) is 64.0 Å². The van der Waals surface area contributed by atoms with Gasteiger partial charge in [0, 0.05) is 13.1 Å². The Hall–Kier alpha value is -0.880. The van der Waals surface area contributed by atoms with Gasteiger partial charge in [-0.05, 0) is 26.2 Å². The van der Waals surface area contributed by atoms with Crippen LogP contribution in [-0.2, 0) is 17.1 Å². The summed E-state index contributed by atoms with van der Waals surface area (Å²) in [6.45, 7) is 8.01. The van der Waals surface area contributed by atoms with Crippen LogP contribution in [0.4, 0.5) is 0 Å². The van der Waals surface area contributed by atoms with Crippen LogP contribution >= 0.6 is 0 Å². The van der Waals surface area contributed by atoms with E-state index in [0.29, 0.717) is 11.6 Å². The molecule has 0 fully saturated rings. The van der Waals surface area contributed by atoms with E-state index in [1.54, 1.807) is 18.7 Å². The van der Waals surface area contributed by atoms with Crippen molar-refractivity contribution in [2.24, 2.45) is 13.0 Å². The normalized spacial score (nSPS) is 14.0. The van der Waals surface area contributed by atoms with Crippen LogP contribution in [0.1, 0.15) is 45.7 Å². The molecule has 0 radical (unpaired) electrons. The number of rotatable bonds is 7. The van der Waals surface area contributed by atoms with Crippen LogP contribution in [0.3, 0.4) is 0 Å². The van der Waals surface area contributed by atoms with Gasteiger partial charge < -0.3 is 0 Å². The molecule has 0 aliphatic heterocycles. The van der Waals surface area contributed by atoms with Gasteiger partial charge in [0.25, 0.3) is 0 Å². The summed E-state index contributed by atoms with van der Waals surface area (Å²) >= 11 is 0. The number of hydrogen-bond donors (Lipinski definition) is 1. The number of nitrogens with zero attached hydrogens (tertiary/aromatic N) is 2. The summed E-state index contributed by atoms with van der Waals surface area (Å²) in [5.74, 6) is 0.657. The molecule has 0 aromatic carbocycles. The van der Waals surface area contributed by atoms with Crippen LogP contribution in [0.5, 0.6) is 0 Å². The van der Waals surface area contributed by atoms with E-state index in [2.05, 4.69) is 23.7 Å². The number of nitrogens with one attached hydrogen (secondary N) is 1. The van der Waals surface area contributed by atoms with Gasteiger partial charge in [0.15, 0.2) is 0 Å². The zero-order chi connectivity index (χ0) is 14.6. The first-order chi connectivity index (χ1) is 8.74. The number of aryl methyl sites for hydroxylation is 1. The predicted octanol–water partition coefficient (Wildman–Crippen LogP) is 2.22. The molecule has 6 heteroatoms. The van der Waals surface area contributed by atoms with Gasteiger partial charge >= 0.3 is 0 Å². The highest BCUT2D eigenvalue weighted by Crippen LogP contribution is 2.15. The van der Waals surface area contributed by atoms with Crippen LogP contribution in [0.15, 0.2) is 11.1 Å². The fourth-order valence-corrected chi connectivity index (χ4v) is 3.44. The second kappa shape index (κ2) is 6.52. The second-order valence-electron chi connectivity index (χ2n) is 5.56. The van der Waals surface area contributed by atoms with Crippen molar-refractivity contribution in [1.29, 1.82) is 0 Å². The molecule has 1 aromatic heterocycles. The van der Waals surface area contributed by atoms with Crippen molar-refractivity contribution < 1.29 is 8.42 Å². The summed E-state index contributed by atoms with van der Waals surface area (Å²) in [6, 6.07) is -0.0524. The van der Waals surface area contributed by atoms with Crippen LogP contribution in [0.25, 0.3) is 0 Å². The van der Waals surface area contributed by atoms with Gasteiger partial charge in [-0.15, -0.1) is 0 Å². The van der Waals surface area contributed by atoms with E-state index in [1.165, 1.54) is 6.20 Å². The minimum absolute atomic E-state index is 0.0524. The third kappa shape index (κ3) is 4.62. The quantitative estimate of drug-likeness (QED) is 0.836. The third-order valence-electron chi connectivity index (χ3n) is 3.25. The highest BCUT2D eigenvalue weighted by atomic mass is 32.2. The lowest BCUT2D eigenvalue weighted by Crippen LogP contribution is -2.32. The SMILES string of the molecule is Cc1c(S(=O)(=O)NC(C)CCCC(C)C)cnn1C. The molecule has 1 N–H and O–H groups in total. The van der Waals surface area contributed by atoms with Gasteiger partial charge in [0.1, 0.15) is 4.90 Å². The van der Waals surface area contributed by atoms with Gasteiger partial charge in [-0.2, -0.15) is 5.10 Å². The molecule has 110 valence electrons. The fourth-order valence-electron chi connectivity index (χ4n) is 1.96. The van der Waals surface area contributed by atoms with Gasteiger partial charge in [-0.25, -0.2) is 13.1 Å². The summed E-state index contributed by atoms with van der Waals surface area (Å²) in [6.07, 6.45) is 4.42. The van der Waals surface area contributed by atoms with Crippen molar-refractivity contribution >= 4 is 10.0 Å². The molecule has 0 saturated carbocycles. The summed E-state index contributed by atoms with van der Waals surface area (Å²) in [4.78, 5) is 0.269. The zero-order valence-corrected chi connectivity index (χ0v) is 13.3. The van der Waals surface area contributed by atoms with Gasteiger partial charge in [0.05, 0.1) is 11.9 Å². The minimum atomic E-state index is -3.45. The Morgan fingerprint density at radius 3 is 2.42 bits per heavy atom. The first kappa shape index (κ1) is 16.2. The Bertz CT molecular complexity index is 506. The Morgan fingerprint density at radius 2 is 1.95 bits per heavy atom. The van der Waals surface area contributed by atoms with Crippen molar-refractivity contribution in [3.8, 4) is 0 Å². The molecule has 1 aromatic rings. The van der Waals surface area contributed by atoms with Crippen LogP contribution in [-0.4, -0.2) is 24.2 Å². The van der Waals surface area contributed by atoms with E-state index in [4.69, 9.17) is 0 Å². The molecule has 0 aliphatic rings. The Balaban J connectivity index is 2.62. The lowest BCUT2D eigenvalue weighted by atomic mass is 10.0. The highest BCUT2D eigenvalue weighted by molar-refractivity contribution is 7.89. The molecular formula is C13H25N3O2S. The molecule has 1 atom stereocenters. The van der Waals surface area contributed by atoms with Crippen molar-refractivity contribution in [1.82, 2.24) is 14.5 Å². The molecular weight excluding hydrogens is 262 g/mol. The van der Waals surface area contributed by atoms with Crippen LogP contribution in [0.2, 0.25) is 0 Å². The number of hydrogen-bond acceptors (Lipinski definition) is 3. The van der Waals surface area contributed by atoms with Gasteiger partial charge in [-0.1, -0.05) is 26.7 Å². The monoisotopic (exact) mass is 287 g/mol. The lowest BCUT2D eigenvalue weighted by Gasteiger charge is -2.14. The minimum Gasteiger partial charge on any atom is -0.272 e. The van der Waals surface area contributed by atoms with Crippen molar-refractivity contribution in [2.75, 3.05) is 0 Å². The highest BCUT2D eigenvalue weighted by Gasteiger charge is 2.21. The first-order valence-corrected chi connectivity index (χ1v) is 8.23. The summed E-state index contributed by atoms with van der Waals surface area (Å²) in [7, 11) is -1.72. The predicted molar refractivity (Wildman–Crippen MR) is 76.4 cm³/mol. The van der Waals surface area contributed by atoms with E-state index in [9.17, 15) is 8.42 Å². The molecule has 0 amide bonds. The maximum Gasteiger partial charge on any atom is 0.244 e. The lowest BCUT2D eigenvalue weighted by molar-refractivity contribution is 0.488. The zero-order valence-electron chi connectivity index (χ0n) is 12.5. The Kier molecular flexibility index (Phi) is 5.55. The molecule has 1 heterocycles. The Labute approximate surface area is 116 Å². The number of sulfonamides is 1. The summed E-state index contributed by atoms with van der Waals surface area (Å²) < 4.78 is 28.7. The summed E-state index contributed by atoms with van der Waals surface area (Å²) in [5.41, 5.74) is 0.655. The average Bonchev–Trinajstić information content (AvgIpc) is 2.58. The molecule has 5 nitrogen and oxygen atoms in total. The third-order valence-corrected chi connectivity index (χ3v) is 4.95. The van der Waals surface area contributed by atoms with Crippen LogP contribution < -0.4 is 4.72 Å². The van der Waals surface area contributed by atoms with E-state index >= 15 is 0 Å². The second-order valence-corrected chi connectivity index (χ2v) is 7.25. The molecule has 0 saturated heterocycles. The van der Waals surface area contributed by atoms with Crippen molar-refractivity contribution in [2.45, 2.75) is 57.9 Å². The van der Waals surface area contributed by atoms with Gasteiger partial charge in [-0.3, -0.25) is 4.68 Å². The van der Waals surface area contributed by atoms with E-state index in [0.717, 1.165) is 19.3 Å². The summed E-state index contributed by atoms with van der Waals surface area (Å²) in [5, 5.41) is 3.97. The molecule has 0 spiro atoms. The largest absolute Gasteiger partial charge is 0.272 e. The van der Waals surface area contributed by atoms with Crippen molar-refractivity contribution in [3.05, 3.63) is 11.9 Å². The standard InChI is InChI=1S/C13H25N3O2S/c1-10(2)7-6-8-11(3)15-19(17,18)13-9-14-16(5)12(13)4/h9-11,15H,6-8H2,1-5H3. The Morgan fingerprint density at radius 1 is 1.32 bits per heavy atom. The molecule has 1 unspecified atom stereocenters. The average molecular weight is 287 g/mol. The van der Waals surface area contributed by atoms with Gasteiger partial charge in [0.2, 0.25) is 10.0 Å². The number of aromatic nitrogens is 2. The van der Waals surface area contributed by atoms with E-state index in [1.807, 2.05) is 6.92 Å². The van der Waals surface area contributed by atoms with Crippen LogP contribution in [0, 0.1) is 12.8 Å². The molecule has 1 rings (SSSR count). The molecule has 19 heavy (non-hydrogen) atoms. The van der Waals surface area contributed by atoms with E-state index < -0.39 is 10.0 Å². The maximum absolute atomic E-state index is 12.2.